The number of aromatic nitrogens is 2. The summed E-state index contributed by atoms with van der Waals surface area (Å²) in [5, 5.41) is 14.9. The molecule has 3 aromatic rings. The highest BCUT2D eigenvalue weighted by atomic mass is 79.9. The molecule has 1 aromatic heterocycles. The highest BCUT2D eigenvalue weighted by Crippen LogP contribution is 2.41. The Kier molecular flexibility index (Phi) is 6.84. The molecular formula is C22H24BrN3O5. The number of H-pyrrole nitrogens is 1. The Morgan fingerprint density at radius 1 is 1.26 bits per heavy atom. The van der Waals surface area contributed by atoms with E-state index in [1.54, 1.807) is 31.2 Å². The summed E-state index contributed by atoms with van der Waals surface area (Å²) in [6, 6.07) is 11.5. The van der Waals surface area contributed by atoms with Crippen molar-refractivity contribution in [2.75, 3.05) is 13.7 Å². The Morgan fingerprint density at radius 2 is 1.94 bits per heavy atom. The molecule has 1 N–H and O–H groups in total. The van der Waals surface area contributed by atoms with E-state index in [1.165, 1.54) is 18.7 Å². The lowest BCUT2D eigenvalue weighted by Crippen LogP contribution is -2.30. The van der Waals surface area contributed by atoms with Gasteiger partial charge in [-0.3, -0.25) is 20.0 Å². The maximum absolute atomic E-state index is 13.4. The number of hydrogen-bond acceptors (Lipinski definition) is 5. The quantitative estimate of drug-likeness (QED) is 0.372. The van der Waals surface area contributed by atoms with Gasteiger partial charge >= 0.3 is 0 Å². The van der Waals surface area contributed by atoms with Crippen LogP contribution in [0.25, 0.3) is 5.69 Å². The van der Waals surface area contributed by atoms with Gasteiger partial charge < -0.3 is 9.47 Å². The Balaban J connectivity index is 2.24. The van der Waals surface area contributed by atoms with E-state index in [9.17, 15) is 14.9 Å². The maximum atomic E-state index is 13.4. The van der Waals surface area contributed by atoms with Crippen LogP contribution in [0.4, 0.5) is 0 Å². The van der Waals surface area contributed by atoms with Gasteiger partial charge in [0.1, 0.15) is 0 Å². The zero-order valence-corrected chi connectivity index (χ0v) is 19.3. The zero-order valence-electron chi connectivity index (χ0n) is 17.7. The van der Waals surface area contributed by atoms with E-state index in [0.717, 1.165) is 0 Å². The first-order chi connectivity index (χ1) is 14.8. The number of nitrogens with one attached hydrogen (secondary N) is 1. The van der Waals surface area contributed by atoms with E-state index in [1.807, 2.05) is 25.1 Å². The molecule has 0 bridgehead atoms. The number of aryl methyl sites for hydroxylation is 1. The molecule has 8 nitrogen and oxygen atoms in total. The van der Waals surface area contributed by atoms with Crippen molar-refractivity contribution in [3.8, 4) is 17.2 Å². The third-order valence-electron chi connectivity index (χ3n) is 5.16. The second-order valence-electron chi connectivity index (χ2n) is 7.10. The molecule has 0 fully saturated rings. The molecular weight excluding hydrogens is 466 g/mol. The van der Waals surface area contributed by atoms with Gasteiger partial charge in [0, 0.05) is 17.5 Å². The van der Waals surface area contributed by atoms with Crippen molar-refractivity contribution in [2.45, 2.75) is 32.7 Å². The van der Waals surface area contributed by atoms with Crippen LogP contribution in [0.2, 0.25) is 0 Å². The van der Waals surface area contributed by atoms with Crippen molar-refractivity contribution in [2.24, 2.45) is 0 Å². The second-order valence-corrected chi connectivity index (χ2v) is 7.95. The fourth-order valence-electron chi connectivity index (χ4n) is 3.70. The van der Waals surface area contributed by atoms with Crippen LogP contribution in [0.3, 0.4) is 0 Å². The molecule has 1 heterocycles. The first-order valence-corrected chi connectivity index (χ1v) is 10.6. The number of para-hydroxylation sites is 1. The maximum Gasteiger partial charge on any atom is 0.275 e. The average molecular weight is 490 g/mol. The van der Waals surface area contributed by atoms with Crippen LogP contribution in [0, 0.1) is 17.0 Å². The fourth-order valence-corrected chi connectivity index (χ4v) is 4.27. The monoisotopic (exact) mass is 489 g/mol. The highest BCUT2D eigenvalue weighted by molar-refractivity contribution is 9.10. The van der Waals surface area contributed by atoms with Crippen molar-refractivity contribution in [3.63, 3.8) is 0 Å². The molecule has 31 heavy (non-hydrogen) atoms. The number of aromatic amines is 1. The first-order valence-electron chi connectivity index (χ1n) is 9.80. The summed E-state index contributed by atoms with van der Waals surface area (Å²) >= 11 is 3.48. The molecule has 0 saturated heterocycles. The lowest BCUT2D eigenvalue weighted by atomic mass is 9.86. The van der Waals surface area contributed by atoms with Crippen molar-refractivity contribution in [1.29, 1.82) is 0 Å². The molecule has 0 spiro atoms. The fraction of sp³-hybridized carbons (Fsp3) is 0.318. The van der Waals surface area contributed by atoms with Gasteiger partial charge in [0.25, 0.3) is 5.56 Å². The van der Waals surface area contributed by atoms with E-state index in [0.29, 0.717) is 45.1 Å². The number of hydrogen-bond donors (Lipinski definition) is 1. The van der Waals surface area contributed by atoms with E-state index in [-0.39, 0.29) is 10.5 Å². The Bertz CT molecular complexity index is 1140. The summed E-state index contributed by atoms with van der Waals surface area (Å²) in [6.07, 6.45) is 0. The summed E-state index contributed by atoms with van der Waals surface area (Å²) in [5.74, 6) is 0.140. The predicted octanol–water partition coefficient (Wildman–Crippen LogP) is 4.44. The van der Waals surface area contributed by atoms with Crippen LogP contribution in [0.1, 0.15) is 36.6 Å². The van der Waals surface area contributed by atoms with Gasteiger partial charge in [-0.1, -0.05) is 18.2 Å². The lowest BCUT2D eigenvalue weighted by molar-refractivity contribution is -0.520. The molecule has 0 radical (unpaired) electrons. The van der Waals surface area contributed by atoms with Crippen LogP contribution in [0.15, 0.2) is 51.7 Å². The van der Waals surface area contributed by atoms with Gasteiger partial charge in [-0.25, -0.2) is 4.68 Å². The SMILES string of the molecule is CCOc1c(Br)cc(C(c2c(C)[nH]n(-c3ccccc3)c2=O)C(C)[N+](=O)[O-])cc1OC. The van der Waals surface area contributed by atoms with Crippen LogP contribution in [0.5, 0.6) is 11.5 Å². The van der Waals surface area contributed by atoms with Gasteiger partial charge in [-0.15, -0.1) is 0 Å². The van der Waals surface area contributed by atoms with Crippen LogP contribution < -0.4 is 15.0 Å². The Hall–Kier alpha value is -3.07. The van der Waals surface area contributed by atoms with Gasteiger partial charge in [0.05, 0.1) is 35.4 Å². The number of benzene rings is 2. The van der Waals surface area contributed by atoms with Gasteiger partial charge in [-0.2, -0.15) is 0 Å². The van der Waals surface area contributed by atoms with E-state index < -0.39 is 12.0 Å². The highest BCUT2D eigenvalue weighted by Gasteiger charge is 2.36. The lowest BCUT2D eigenvalue weighted by Gasteiger charge is -2.20. The zero-order chi connectivity index (χ0) is 22.7. The van der Waals surface area contributed by atoms with Gasteiger partial charge in [0.2, 0.25) is 6.04 Å². The molecule has 0 aliphatic heterocycles. The number of ether oxygens (including phenoxy) is 2. The largest absolute Gasteiger partial charge is 0.493 e. The molecule has 2 unspecified atom stereocenters. The molecule has 3 rings (SSSR count). The topological polar surface area (TPSA) is 99.4 Å². The molecule has 164 valence electrons. The van der Waals surface area contributed by atoms with Crippen molar-refractivity contribution >= 4 is 15.9 Å². The summed E-state index contributed by atoms with van der Waals surface area (Å²) in [7, 11) is 1.50. The molecule has 2 atom stereocenters. The number of nitrogens with zero attached hydrogens (tertiary/aromatic N) is 2. The second kappa shape index (κ2) is 9.38. The van der Waals surface area contributed by atoms with Crippen molar-refractivity contribution < 1.29 is 14.4 Å². The molecule has 0 amide bonds. The number of nitro groups is 1. The summed E-state index contributed by atoms with van der Waals surface area (Å²) < 4.78 is 13.1. The van der Waals surface area contributed by atoms with Crippen molar-refractivity contribution in [1.82, 2.24) is 9.78 Å². The Morgan fingerprint density at radius 3 is 2.52 bits per heavy atom. The van der Waals surface area contributed by atoms with Crippen LogP contribution >= 0.6 is 15.9 Å². The van der Waals surface area contributed by atoms with Crippen molar-refractivity contribution in [3.05, 3.63) is 84.2 Å². The van der Waals surface area contributed by atoms with E-state index in [2.05, 4.69) is 21.0 Å². The third kappa shape index (κ3) is 4.36. The van der Waals surface area contributed by atoms with Crippen LogP contribution in [-0.4, -0.2) is 34.5 Å². The van der Waals surface area contributed by atoms with E-state index >= 15 is 0 Å². The van der Waals surface area contributed by atoms with Gasteiger partial charge in [0.15, 0.2) is 11.5 Å². The summed E-state index contributed by atoms with van der Waals surface area (Å²) in [6.45, 7) is 5.53. The first kappa shape index (κ1) is 22.6. The minimum atomic E-state index is -1.05. The average Bonchev–Trinajstić information content (AvgIpc) is 3.04. The van der Waals surface area contributed by atoms with Crippen LogP contribution in [-0.2, 0) is 0 Å². The summed E-state index contributed by atoms with van der Waals surface area (Å²) in [4.78, 5) is 24.8. The number of halogens is 1. The number of methoxy groups -OCH3 is 1. The summed E-state index contributed by atoms with van der Waals surface area (Å²) in [5.41, 5.74) is 1.81. The van der Waals surface area contributed by atoms with E-state index in [4.69, 9.17) is 9.47 Å². The predicted molar refractivity (Wildman–Crippen MR) is 121 cm³/mol. The van der Waals surface area contributed by atoms with Gasteiger partial charge in [-0.05, 0) is 59.6 Å². The Labute approximate surface area is 188 Å². The minimum absolute atomic E-state index is 0.327. The molecule has 0 aliphatic carbocycles. The molecule has 9 heteroatoms. The standard InChI is InChI=1S/C22H24BrN3O5/c1-5-31-21-17(23)11-15(12-18(21)30-4)20(14(3)26(28)29)19-13(2)24-25(22(19)27)16-9-7-6-8-10-16/h6-12,14,20,24H,5H2,1-4H3. The third-order valence-corrected chi connectivity index (χ3v) is 5.75. The molecule has 0 aliphatic rings. The molecule has 0 saturated carbocycles. The minimum Gasteiger partial charge on any atom is -0.493 e. The smallest absolute Gasteiger partial charge is 0.275 e. The number of rotatable bonds is 8. The molecule has 2 aromatic carbocycles. The normalized spacial score (nSPS) is 12.9.